The summed E-state index contributed by atoms with van der Waals surface area (Å²) in [6.07, 6.45) is 7.60. The van der Waals surface area contributed by atoms with Crippen molar-refractivity contribution in [3.63, 3.8) is 0 Å². The maximum absolute atomic E-state index is 12.1. The Balaban J connectivity index is 2.19. The highest BCUT2D eigenvalue weighted by molar-refractivity contribution is 7.93. The summed E-state index contributed by atoms with van der Waals surface area (Å²) in [5.41, 5.74) is 0. The second kappa shape index (κ2) is 4.28. The zero-order chi connectivity index (χ0) is 10.9. The van der Waals surface area contributed by atoms with Crippen LogP contribution in [-0.2, 0) is 10.0 Å². The van der Waals surface area contributed by atoms with Crippen molar-refractivity contribution < 1.29 is 8.42 Å². The first kappa shape index (κ1) is 11.2. The molecule has 1 aliphatic heterocycles. The molecule has 0 N–H and O–H groups in total. The second-order valence-electron chi connectivity index (χ2n) is 3.83. The molecule has 0 aromatic carbocycles. The van der Waals surface area contributed by atoms with Crippen LogP contribution < -0.4 is 0 Å². The fourth-order valence-electron chi connectivity index (χ4n) is 1.84. The maximum atomic E-state index is 12.1. The van der Waals surface area contributed by atoms with Crippen molar-refractivity contribution in [2.45, 2.75) is 24.6 Å². The van der Waals surface area contributed by atoms with Crippen molar-refractivity contribution in [3.8, 4) is 0 Å². The van der Waals surface area contributed by atoms with Gasteiger partial charge >= 0.3 is 0 Å². The van der Waals surface area contributed by atoms with E-state index in [9.17, 15) is 8.42 Å². The summed E-state index contributed by atoms with van der Waals surface area (Å²) in [7, 11) is -3.24. The molecule has 0 aromatic heterocycles. The average Bonchev–Trinajstić information content (AvgIpc) is 2.71. The van der Waals surface area contributed by atoms with Crippen molar-refractivity contribution in [1.82, 2.24) is 4.31 Å². The minimum atomic E-state index is -3.24. The third-order valence-electron chi connectivity index (χ3n) is 2.72. The Morgan fingerprint density at radius 3 is 2.53 bits per heavy atom. The average molecular weight is 248 g/mol. The summed E-state index contributed by atoms with van der Waals surface area (Å²) < 4.78 is 25.7. The summed E-state index contributed by atoms with van der Waals surface area (Å²) in [5.74, 6) is 0. The number of alkyl halides is 1. The number of sulfonamides is 1. The molecule has 1 unspecified atom stereocenters. The van der Waals surface area contributed by atoms with Crippen LogP contribution in [-0.4, -0.2) is 31.2 Å². The molecular weight excluding hydrogens is 234 g/mol. The molecule has 5 heteroatoms. The predicted molar refractivity (Wildman–Crippen MR) is 61.2 cm³/mol. The van der Waals surface area contributed by atoms with Crippen LogP contribution >= 0.6 is 11.6 Å². The number of hydrogen-bond acceptors (Lipinski definition) is 2. The highest BCUT2D eigenvalue weighted by Gasteiger charge is 2.28. The Labute approximate surface area is 95.5 Å². The molecule has 0 radical (unpaired) electrons. The normalized spacial score (nSPS) is 28.1. The van der Waals surface area contributed by atoms with E-state index >= 15 is 0 Å². The molecule has 0 saturated carbocycles. The van der Waals surface area contributed by atoms with E-state index in [2.05, 4.69) is 0 Å². The molecule has 1 heterocycles. The minimum Gasteiger partial charge on any atom is -0.207 e. The quantitative estimate of drug-likeness (QED) is 0.699. The lowest BCUT2D eigenvalue weighted by atomic mass is 10.2. The van der Waals surface area contributed by atoms with Crippen molar-refractivity contribution >= 4 is 21.6 Å². The van der Waals surface area contributed by atoms with Crippen LogP contribution in [0.15, 0.2) is 23.1 Å². The summed E-state index contributed by atoms with van der Waals surface area (Å²) in [6, 6.07) is 0. The molecule has 15 heavy (non-hydrogen) atoms. The van der Waals surface area contributed by atoms with E-state index in [0.29, 0.717) is 24.4 Å². The van der Waals surface area contributed by atoms with Gasteiger partial charge in [0.25, 0.3) is 0 Å². The summed E-state index contributed by atoms with van der Waals surface area (Å²) in [5, 5.41) is -0.0671. The van der Waals surface area contributed by atoms with Gasteiger partial charge in [-0.3, -0.25) is 0 Å². The van der Waals surface area contributed by atoms with Gasteiger partial charge in [0.15, 0.2) is 0 Å². The standard InChI is InChI=1S/C10H14ClNO2S/c11-9-3-5-10(6-4-9)15(13,14)12-7-1-2-8-12/h3,5-6,9H,1-2,4,7-8H2. The van der Waals surface area contributed by atoms with Gasteiger partial charge < -0.3 is 0 Å². The molecule has 3 nitrogen and oxygen atoms in total. The Kier molecular flexibility index (Phi) is 3.19. The lowest BCUT2D eigenvalue weighted by Crippen LogP contribution is -2.29. The van der Waals surface area contributed by atoms with Gasteiger partial charge in [0.2, 0.25) is 10.0 Å². The highest BCUT2D eigenvalue weighted by Crippen LogP contribution is 2.24. The van der Waals surface area contributed by atoms with Crippen molar-refractivity contribution in [1.29, 1.82) is 0 Å². The molecule has 0 bridgehead atoms. The van der Waals surface area contributed by atoms with E-state index in [1.165, 1.54) is 0 Å². The number of allylic oxidation sites excluding steroid dienone is 3. The van der Waals surface area contributed by atoms with E-state index in [4.69, 9.17) is 11.6 Å². The summed E-state index contributed by atoms with van der Waals surface area (Å²) in [6.45, 7) is 1.30. The van der Waals surface area contributed by atoms with Gasteiger partial charge in [0.1, 0.15) is 0 Å². The Morgan fingerprint density at radius 2 is 2.00 bits per heavy atom. The molecule has 0 aromatic rings. The third-order valence-corrected chi connectivity index (χ3v) is 4.98. The molecule has 84 valence electrons. The largest absolute Gasteiger partial charge is 0.242 e. The van der Waals surface area contributed by atoms with Crippen molar-refractivity contribution in [2.24, 2.45) is 0 Å². The first-order valence-electron chi connectivity index (χ1n) is 5.13. The molecule has 1 saturated heterocycles. The molecule has 2 rings (SSSR count). The Hall–Kier alpha value is -0.320. The van der Waals surface area contributed by atoms with Crippen LogP contribution in [0.4, 0.5) is 0 Å². The fraction of sp³-hybridized carbons (Fsp3) is 0.600. The summed E-state index contributed by atoms with van der Waals surface area (Å²) in [4.78, 5) is 0.404. The molecule has 1 fully saturated rings. The molecule has 1 atom stereocenters. The molecule has 2 aliphatic rings. The van der Waals surface area contributed by atoms with Crippen LogP contribution in [0.5, 0.6) is 0 Å². The minimum absolute atomic E-state index is 0.0671. The first-order valence-corrected chi connectivity index (χ1v) is 7.01. The number of hydrogen-bond donors (Lipinski definition) is 0. The topological polar surface area (TPSA) is 37.4 Å². The van der Waals surface area contributed by atoms with Crippen LogP contribution in [0.1, 0.15) is 19.3 Å². The lowest BCUT2D eigenvalue weighted by molar-refractivity contribution is 0.484. The number of halogens is 1. The van der Waals surface area contributed by atoms with Gasteiger partial charge in [0.05, 0.1) is 10.3 Å². The van der Waals surface area contributed by atoms with E-state index in [0.717, 1.165) is 12.8 Å². The van der Waals surface area contributed by atoms with E-state index in [1.54, 1.807) is 22.5 Å². The third kappa shape index (κ3) is 2.27. The Morgan fingerprint density at radius 1 is 1.33 bits per heavy atom. The number of rotatable bonds is 2. The fourth-order valence-corrected chi connectivity index (χ4v) is 3.60. The van der Waals surface area contributed by atoms with Gasteiger partial charge in [0, 0.05) is 13.1 Å². The van der Waals surface area contributed by atoms with Crippen LogP contribution in [0, 0.1) is 0 Å². The molecule has 0 spiro atoms. The van der Waals surface area contributed by atoms with Crippen molar-refractivity contribution in [3.05, 3.63) is 23.1 Å². The van der Waals surface area contributed by atoms with Crippen LogP contribution in [0.2, 0.25) is 0 Å². The first-order chi connectivity index (χ1) is 7.10. The van der Waals surface area contributed by atoms with Gasteiger partial charge in [-0.25, -0.2) is 8.42 Å². The van der Waals surface area contributed by atoms with Gasteiger partial charge in [-0.15, -0.1) is 11.6 Å². The van der Waals surface area contributed by atoms with E-state index in [1.807, 2.05) is 0 Å². The SMILES string of the molecule is O=S(=O)(C1=CCC(Cl)C=C1)N1CCCC1. The smallest absolute Gasteiger partial charge is 0.207 e. The monoisotopic (exact) mass is 247 g/mol. The second-order valence-corrected chi connectivity index (χ2v) is 6.33. The zero-order valence-corrected chi connectivity index (χ0v) is 9.97. The zero-order valence-electron chi connectivity index (χ0n) is 8.39. The molecule has 1 aliphatic carbocycles. The maximum Gasteiger partial charge on any atom is 0.242 e. The van der Waals surface area contributed by atoms with E-state index < -0.39 is 10.0 Å². The van der Waals surface area contributed by atoms with Gasteiger partial charge in [-0.2, -0.15) is 4.31 Å². The Bertz CT molecular complexity index is 394. The highest BCUT2D eigenvalue weighted by atomic mass is 35.5. The predicted octanol–water partition coefficient (Wildman–Crippen LogP) is 1.86. The lowest BCUT2D eigenvalue weighted by Gasteiger charge is -2.18. The van der Waals surface area contributed by atoms with Crippen LogP contribution in [0.3, 0.4) is 0 Å². The van der Waals surface area contributed by atoms with E-state index in [-0.39, 0.29) is 5.38 Å². The van der Waals surface area contributed by atoms with Gasteiger partial charge in [-0.1, -0.05) is 12.2 Å². The number of nitrogens with zero attached hydrogens (tertiary/aromatic N) is 1. The summed E-state index contributed by atoms with van der Waals surface area (Å²) >= 11 is 5.85. The molecule has 0 amide bonds. The van der Waals surface area contributed by atoms with Crippen molar-refractivity contribution in [2.75, 3.05) is 13.1 Å². The van der Waals surface area contributed by atoms with Gasteiger partial charge in [-0.05, 0) is 25.3 Å². The molecular formula is C10H14ClNO2S. The van der Waals surface area contributed by atoms with Crippen LogP contribution in [0.25, 0.3) is 0 Å².